The molecule has 0 aliphatic rings. The van der Waals surface area contributed by atoms with E-state index in [0.29, 0.717) is 0 Å². The summed E-state index contributed by atoms with van der Waals surface area (Å²) >= 11 is 5.71. The number of hydrogen-bond acceptors (Lipinski definition) is 4. The Morgan fingerprint density at radius 1 is 1.24 bits per heavy atom. The summed E-state index contributed by atoms with van der Waals surface area (Å²) < 4.78 is 42.6. The summed E-state index contributed by atoms with van der Waals surface area (Å²) in [6, 6.07) is 4.95. The van der Waals surface area contributed by atoms with Gasteiger partial charge < -0.3 is 4.74 Å². The van der Waals surface area contributed by atoms with Crippen LogP contribution in [0.5, 0.6) is 11.6 Å². The van der Waals surface area contributed by atoms with Crippen LogP contribution in [0.15, 0.2) is 36.5 Å². The minimum atomic E-state index is -4.51. The lowest BCUT2D eigenvalue weighted by Crippen LogP contribution is -2.04. The molecule has 0 aliphatic heterocycles. The van der Waals surface area contributed by atoms with Crippen LogP contribution in [0.3, 0.4) is 0 Å². The number of aromatic nitrogens is 1. The second-order valence-corrected chi connectivity index (χ2v) is 4.26. The van der Waals surface area contributed by atoms with Crippen LogP contribution in [0.4, 0.5) is 18.9 Å². The van der Waals surface area contributed by atoms with Gasteiger partial charge in [-0.3, -0.25) is 10.1 Å². The van der Waals surface area contributed by atoms with E-state index in [1.165, 1.54) is 6.07 Å². The molecule has 5 nitrogen and oxygen atoms in total. The van der Waals surface area contributed by atoms with E-state index in [1.54, 1.807) is 0 Å². The van der Waals surface area contributed by atoms with Crippen molar-refractivity contribution in [1.29, 1.82) is 0 Å². The van der Waals surface area contributed by atoms with E-state index < -0.39 is 16.7 Å². The van der Waals surface area contributed by atoms with Gasteiger partial charge in [-0.1, -0.05) is 11.6 Å². The summed E-state index contributed by atoms with van der Waals surface area (Å²) in [5.41, 5.74) is -1.14. The van der Waals surface area contributed by atoms with Gasteiger partial charge in [0.05, 0.1) is 15.5 Å². The maximum atomic E-state index is 12.5. The predicted molar refractivity (Wildman–Crippen MR) is 67.4 cm³/mol. The van der Waals surface area contributed by atoms with E-state index in [1.807, 2.05) is 0 Å². The molecule has 1 aromatic heterocycles. The summed E-state index contributed by atoms with van der Waals surface area (Å²) in [6.07, 6.45) is -3.54. The third-order valence-corrected chi connectivity index (χ3v) is 2.70. The van der Waals surface area contributed by atoms with E-state index in [-0.39, 0.29) is 22.3 Å². The topological polar surface area (TPSA) is 65.3 Å². The van der Waals surface area contributed by atoms with Crippen LogP contribution in [0.25, 0.3) is 0 Å². The van der Waals surface area contributed by atoms with Crippen LogP contribution in [0.1, 0.15) is 5.56 Å². The fraction of sp³-hybridized carbons (Fsp3) is 0.0833. The van der Waals surface area contributed by atoms with Gasteiger partial charge in [-0.25, -0.2) is 4.98 Å². The first kappa shape index (κ1) is 15.0. The molecular formula is C12H6ClF3N2O3. The Bertz CT molecular complexity index is 674. The lowest BCUT2D eigenvalue weighted by Gasteiger charge is -2.10. The number of hydrogen-bond donors (Lipinski definition) is 0. The molecule has 0 saturated carbocycles. The molecule has 0 bridgehead atoms. The Hall–Kier alpha value is -2.35. The normalized spacial score (nSPS) is 11.2. The maximum Gasteiger partial charge on any atom is 0.416 e. The molecule has 0 aliphatic carbocycles. The predicted octanol–water partition coefficient (Wildman–Crippen LogP) is 4.45. The van der Waals surface area contributed by atoms with Crippen molar-refractivity contribution in [3.8, 4) is 11.6 Å². The molecule has 1 aromatic carbocycles. The van der Waals surface area contributed by atoms with Crippen molar-refractivity contribution in [2.24, 2.45) is 0 Å². The number of rotatable bonds is 3. The van der Waals surface area contributed by atoms with Gasteiger partial charge in [-0.05, 0) is 18.2 Å². The highest BCUT2D eigenvalue weighted by molar-refractivity contribution is 6.32. The Balaban J connectivity index is 2.22. The lowest BCUT2D eigenvalue weighted by atomic mass is 10.2. The first-order valence-electron chi connectivity index (χ1n) is 5.42. The van der Waals surface area contributed by atoms with Crippen LogP contribution < -0.4 is 4.74 Å². The van der Waals surface area contributed by atoms with Gasteiger partial charge in [0.15, 0.2) is 0 Å². The van der Waals surface area contributed by atoms with Crippen molar-refractivity contribution < 1.29 is 22.8 Å². The van der Waals surface area contributed by atoms with E-state index in [0.717, 1.165) is 30.5 Å². The molecule has 2 aromatic rings. The third kappa shape index (κ3) is 3.60. The molecule has 110 valence electrons. The molecule has 0 fully saturated rings. The first-order chi connectivity index (χ1) is 9.77. The SMILES string of the molecule is O=[N+]([O-])c1ccc(Oc2ccc(C(F)(F)F)cc2Cl)nc1. The Morgan fingerprint density at radius 3 is 2.43 bits per heavy atom. The molecule has 21 heavy (non-hydrogen) atoms. The highest BCUT2D eigenvalue weighted by atomic mass is 35.5. The zero-order valence-corrected chi connectivity index (χ0v) is 10.9. The molecular weight excluding hydrogens is 313 g/mol. The molecule has 0 unspecified atom stereocenters. The summed E-state index contributed by atoms with van der Waals surface area (Å²) in [5, 5.41) is 10.2. The smallest absolute Gasteiger partial charge is 0.416 e. The number of benzene rings is 1. The highest BCUT2D eigenvalue weighted by Gasteiger charge is 2.31. The zero-order chi connectivity index (χ0) is 15.6. The van der Waals surface area contributed by atoms with Gasteiger partial charge in [0.25, 0.3) is 5.69 Å². The molecule has 1 heterocycles. The fourth-order valence-corrected chi connectivity index (χ4v) is 1.63. The van der Waals surface area contributed by atoms with Gasteiger partial charge in [0.1, 0.15) is 11.9 Å². The van der Waals surface area contributed by atoms with Crippen molar-refractivity contribution in [3.05, 3.63) is 57.2 Å². The molecule has 0 spiro atoms. The van der Waals surface area contributed by atoms with Crippen molar-refractivity contribution in [2.75, 3.05) is 0 Å². The summed E-state index contributed by atoms with van der Waals surface area (Å²) in [7, 11) is 0. The third-order valence-electron chi connectivity index (χ3n) is 2.41. The molecule has 9 heteroatoms. The van der Waals surface area contributed by atoms with Crippen LogP contribution in [-0.4, -0.2) is 9.91 Å². The first-order valence-corrected chi connectivity index (χ1v) is 5.80. The minimum absolute atomic E-state index is 0.0257. The van der Waals surface area contributed by atoms with Crippen molar-refractivity contribution in [3.63, 3.8) is 0 Å². The zero-order valence-electron chi connectivity index (χ0n) is 10.1. The van der Waals surface area contributed by atoms with E-state index >= 15 is 0 Å². The average Bonchev–Trinajstić information content (AvgIpc) is 2.40. The largest absolute Gasteiger partial charge is 0.437 e. The molecule has 0 amide bonds. The molecule has 0 radical (unpaired) electrons. The van der Waals surface area contributed by atoms with Gasteiger partial charge in [-0.2, -0.15) is 13.2 Å². The minimum Gasteiger partial charge on any atom is -0.437 e. The van der Waals surface area contributed by atoms with Crippen LogP contribution in [-0.2, 0) is 6.18 Å². The summed E-state index contributed by atoms with van der Waals surface area (Å²) in [6.45, 7) is 0. The van der Waals surface area contributed by atoms with E-state index in [4.69, 9.17) is 16.3 Å². The number of halogens is 4. The van der Waals surface area contributed by atoms with Crippen LogP contribution >= 0.6 is 11.6 Å². The second kappa shape index (κ2) is 5.57. The number of ether oxygens (including phenoxy) is 1. The number of nitrogens with zero attached hydrogens (tertiary/aromatic N) is 2. The number of pyridine rings is 1. The standard InChI is InChI=1S/C12H6ClF3N2O3/c13-9-5-7(12(14,15)16)1-3-10(9)21-11-4-2-8(6-17-11)18(19)20/h1-6H. The molecule has 2 rings (SSSR count). The van der Waals surface area contributed by atoms with Crippen LogP contribution in [0, 0.1) is 10.1 Å². The maximum absolute atomic E-state index is 12.5. The van der Waals surface area contributed by atoms with E-state index in [2.05, 4.69) is 4.98 Å². The van der Waals surface area contributed by atoms with E-state index in [9.17, 15) is 23.3 Å². The second-order valence-electron chi connectivity index (χ2n) is 3.86. The summed E-state index contributed by atoms with van der Waals surface area (Å²) in [4.78, 5) is 13.5. The summed E-state index contributed by atoms with van der Waals surface area (Å²) in [5.74, 6) is -0.0618. The Kier molecular flexibility index (Phi) is 3.99. The number of nitro groups is 1. The van der Waals surface area contributed by atoms with Gasteiger partial charge >= 0.3 is 6.18 Å². The monoisotopic (exact) mass is 318 g/mol. The molecule has 0 atom stereocenters. The van der Waals surface area contributed by atoms with Crippen molar-refractivity contribution >= 4 is 17.3 Å². The van der Waals surface area contributed by atoms with Crippen molar-refractivity contribution in [1.82, 2.24) is 4.98 Å². The number of alkyl halides is 3. The molecule has 0 N–H and O–H groups in total. The fourth-order valence-electron chi connectivity index (χ4n) is 1.41. The van der Waals surface area contributed by atoms with Crippen molar-refractivity contribution in [2.45, 2.75) is 6.18 Å². The quantitative estimate of drug-likeness (QED) is 0.619. The Labute approximate surface area is 121 Å². The van der Waals surface area contributed by atoms with Crippen LogP contribution in [0.2, 0.25) is 5.02 Å². The average molecular weight is 319 g/mol. The van der Waals surface area contributed by atoms with Gasteiger partial charge in [0, 0.05) is 12.1 Å². The van der Waals surface area contributed by atoms with Gasteiger partial charge in [0.2, 0.25) is 5.88 Å². The highest BCUT2D eigenvalue weighted by Crippen LogP contribution is 2.36. The lowest BCUT2D eigenvalue weighted by molar-refractivity contribution is -0.385. The Morgan fingerprint density at radius 2 is 1.95 bits per heavy atom. The van der Waals surface area contributed by atoms with Gasteiger partial charge in [-0.15, -0.1) is 0 Å². The molecule has 0 saturated heterocycles.